The molecule has 0 amide bonds. The first kappa shape index (κ1) is 21.2. The maximum atomic E-state index is 12.9. The van der Waals surface area contributed by atoms with Crippen LogP contribution in [0, 0.1) is 13.8 Å². The highest BCUT2D eigenvalue weighted by molar-refractivity contribution is 5.74. The Morgan fingerprint density at radius 1 is 1.10 bits per heavy atom. The van der Waals surface area contributed by atoms with Crippen molar-refractivity contribution in [3.63, 3.8) is 0 Å². The number of hydrogen-bond donors (Lipinski definition) is 1. The van der Waals surface area contributed by atoms with Crippen molar-refractivity contribution < 1.29 is 9.84 Å². The normalized spacial score (nSPS) is 15.1. The summed E-state index contributed by atoms with van der Waals surface area (Å²) in [4.78, 5) is 32.0. The predicted molar refractivity (Wildman–Crippen MR) is 119 cm³/mol. The largest absolute Gasteiger partial charge is 0.491 e. The Labute approximate surface area is 180 Å². The first-order valence-electron chi connectivity index (χ1n) is 10.6. The molecule has 166 valence electrons. The zero-order valence-electron chi connectivity index (χ0n) is 18.5. The molecule has 1 fully saturated rings. The van der Waals surface area contributed by atoms with E-state index in [1.165, 1.54) is 17.2 Å². The summed E-state index contributed by atoms with van der Waals surface area (Å²) in [5.41, 5.74) is 2.10. The number of aryl methyl sites for hydroxylation is 3. The summed E-state index contributed by atoms with van der Waals surface area (Å²) in [7, 11) is 3.06. The van der Waals surface area contributed by atoms with Gasteiger partial charge in [0.05, 0.1) is 6.54 Å². The summed E-state index contributed by atoms with van der Waals surface area (Å²) in [5.74, 6) is 1.30. The maximum absolute atomic E-state index is 12.9. The first-order valence-corrected chi connectivity index (χ1v) is 10.6. The molecule has 1 atom stereocenters. The number of rotatable bonds is 6. The lowest BCUT2D eigenvalue weighted by Crippen LogP contribution is -2.38. The van der Waals surface area contributed by atoms with E-state index in [4.69, 9.17) is 4.74 Å². The molecule has 0 aliphatic carbocycles. The van der Waals surface area contributed by atoms with Gasteiger partial charge in [0, 0.05) is 27.2 Å². The van der Waals surface area contributed by atoms with Gasteiger partial charge in [0.15, 0.2) is 11.2 Å². The number of aliphatic hydroxyl groups is 1. The number of anilines is 1. The third kappa shape index (κ3) is 3.85. The second-order valence-corrected chi connectivity index (χ2v) is 8.31. The standard InChI is InChI=1S/C22H29N5O4/c1-14-7-8-17(11-15(14)2)31-13-16(28)12-27-18-19(23-21(27)26-9-5-6-10-26)24(3)22(30)25(4)20(18)29/h7-8,11,16,28H,5-6,9-10,12-13H2,1-4H3/t16-/m1/s1. The molecule has 1 aliphatic heterocycles. The number of hydrogen-bond acceptors (Lipinski definition) is 6. The Morgan fingerprint density at radius 3 is 2.48 bits per heavy atom. The van der Waals surface area contributed by atoms with Crippen LogP contribution in [-0.4, -0.2) is 49.6 Å². The minimum Gasteiger partial charge on any atom is -0.491 e. The predicted octanol–water partition coefficient (Wildman–Crippen LogP) is 1.09. The third-order valence-electron chi connectivity index (χ3n) is 6.03. The number of fused-ring (bicyclic) bond motifs is 1. The molecule has 0 spiro atoms. The maximum Gasteiger partial charge on any atom is 0.332 e. The summed E-state index contributed by atoms with van der Waals surface area (Å²) >= 11 is 0. The smallest absolute Gasteiger partial charge is 0.332 e. The fraction of sp³-hybridized carbons (Fsp3) is 0.500. The molecule has 9 heteroatoms. The zero-order valence-corrected chi connectivity index (χ0v) is 18.5. The average Bonchev–Trinajstić information content (AvgIpc) is 3.40. The molecule has 2 aromatic heterocycles. The van der Waals surface area contributed by atoms with Gasteiger partial charge in [-0.25, -0.2) is 4.79 Å². The van der Waals surface area contributed by atoms with Crippen LogP contribution < -0.4 is 20.9 Å². The number of imidazole rings is 1. The summed E-state index contributed by atoms with van der Waals surface area (Å²) in [5, 5.41) is 10.7. The van der Waals surface area contributed by atoms with Gasteiger partial charge in [0.2, 0.25) is 5.95 Å². The lowest BCUT2D eigenvalue weighted by atomic mass is 10.1. The minimum atomic E-state index is -0.859. The Balaban J connectivity index is 1.67. The highest BCUT2D eigenvalue weighted by Crippen LogP contribution is 2.24. The molecule has 1 aromatic carbocycles. The minimum absolute atomic E-state index is 0.0771. The van der Waals surface area contributed by atoms with Crippen LogP contribution in [0.1, 0.15) is 24.0 Å². The fourth-order valence-corrected chi connectivity index (χ4v) is 4.03. The van der Waals surface area contributed by atoms with Crippen LogP contribution in [0.4, 0.5) is 5.95 Å². The Morgan fingerprint density at radius 2 is 1.81 bits per heavy atom. The molecule has 1 saturated heterocycles. The molecule has 0 bridgehead atoms. The van der Waals surface area contributed by atoms with E-state index in [9.17, 15) is 14.7 Å². The second-order valence-electron chi connectivity index (χ2n) is 8.31. The van der Waals surface area contributed by atoms with Crippen LogP contribution in [0.2, 0.25) is 0 Å². The number of ether oxygens (including phenoxy) is 1. The molecule has 0 radical (unpaired) electrons. The van der Waals surface area contributed by atoms with Crippen molar-refractivity contribution in [2.45, 2.75) is 39.3 Å². The lowest BCUT2D eigenvalue weighted by Gasteiger charge is -2.20. The molecule has 9 nitrogen and oxygen atoms in total. The van der Waals surface area contributed by atoms with Crippen molar-refractivity contribution >= 4 is 17.1 Å². The van der Waals surface area contributed by atoms with E-state index < -0.39 is 17.4 Å². The Hall–Kier alpha value is -3.07. The van der Waals surface area contributed by atoms with Gasteiger partial charge in [0.1, 0.15) is 18.5 Å². The molecular weight excluding hydrogens is 398 g/mol. The third-order valence-corrected chi connectivity index (χ3v) is 6.03. The van der Waals surface area contributed by atoms with Crippen molar-refractivity contribution in [3.05, 3.63) is 50.2 Å². The van der Waals surface area contributed by atoms with Gasteiger partial charge in [0.25, 0.3) is 5.56 Å². The number of benzene rings is 1. The monoisotopic (exact) mass is 427 g/mol. The van der Waals surface area contributed by atoms with Gasteiger partial charge in [-0.1, -0.05) is 6.07 Å². The van der Waals surface area contributed by atoms with E-state index in [-0.39, 0.29) is 13.2 Å². The molecule has 1 aliphatic rings. The van der Waals surface area contributed by atoms with Gasteiger partial charge < -0.3 is 19.3 Å². The van der Waals surface area contributed by atoms with Gasteiger partial charge in [-0.15, -0.1) is 0 Å². The fourth-order valence-electron chi connectivity index (χ4n) is 4.03. The van der Waals surface area contributed by atoms with Crippen LogP contribution in [0.3, 0.4) is 0 Å². The van der Waals surface area contributed by atoms with Gasteiger partial charge in [-0.05, 0) is 49.9 Å². The quantitative estimate of drug-likeness (QED) is 0.633. The molecule has 31 heavy (non-hydrogen) atoms. The zero-order chi connectivity index (χ0) is 22.3. The summed E-state index contributed by atoms with van der Waals surface area (Å²) in [6.45, 7) is 5.92. The van der Waals surface area contributed by atoms with E-state index in [1.54, 1.807) is 11.6 Å². The molecule has 3 aromatic rings. The second kappa shape index (κ2) is 8.22. The average molecular weight is 428 g/mol. The van der Waals surface area contributed by atoms with Gasteiger partial charge in [-0.2, -0.15) is 4.98 Å². The van der Waals surface area contributed by atoms with Crippen LogP contribution in [0.15, 0.2) is 27.8 Å². The molecule has 1 N–H and O–H groups in total. The lowest BCUT2D eigenvalue weighted by molar-refractivity contribution is 0.0936. The van der Waals surface area contributed by atoms with Crippen LogP contribution in [0.25, 0.3) is 11.2 Å². The summed E-state index contributed by atoms with van der Waals surface area (Å²) < 4.78 is 9.98. The number of aliphatic hydroxyl groups excluding tert-OH is 1. The Bertz CT molecular complexity index is 1230. The van der Waals surface area contributed by atoms with Gasteiger partial charge in [-0.3, -0.25) is 13.9 Å². The highest BCUT2D eigenvalue weighted by atomic mass is 16.5. The van der Waals surface area contributed by atoms with E-state index in [1.807, 2.05) is 32.0 Å². The SMILES string of the molecule is Cc1ccc(OC[C@H](O)Cn2c(N3CCCC3)nc3c2c(=O)n(C)c(=O)n3C)cc1C. The van der Waals surface area contributed by atoms with Crippen molar-refractivity contribution in [2.24, 2.45) is 14.1 Å². The summed E-state index contributed by atoms with van der Waals surface area (Å²) in [6, 6.07) is 5.80. The van der Waals surface area contributed by atoms with Crippen LogP contribution in [-0.2, 0) is 20.6 Å². The molecular formula is C22H29N5O4. The highest BCUT2D eigenvalue weighted by Gasteiger charge is 2.25. The van der Waals surface area contributed by atoms with E-state index in [0.717, 1.165) is 36.1 Å². The van der Waals surface area contributed by atoms with Crippen molar-refractivity contribution in [1.29, 1.82) is 0 Å². The van der Waals surface area contributed by atoms with E-state index >= 15 is 0 Å². The molecule has 3 heterocycles. The number of nitrogens with zero attached hydrogens (tertiary/aromatic N) is 5. The van der Waals surface area contributed by atoms with Gasteiger partial charge >= 0.3 is 5.69 Å². The van der Waals surface area contributed by atoms with Crippen molar-refractivity contribution in [3.8, 4) is 5.75 Å². The number of aromatic nitrogens is 4. The van der Waals surface area contributed by atoms with E-state index in [2.05, 4.69) is 9.88 Å². The molecule has 4 rings (SSSR count). The van der Waals surface area contributed by atoms with Crippen LogP contribution in [0.5, 0.6) is 5.75 Å². The molecule has 0 unspecified atom stereocenters. The van der Waals surface area contributed by atoms with E-state index in [0.29, 0.717) is 22.9 Å². The summed E-state index contributed by atoms with van der Waals surface area (Å²) in [6.07, 6.45) is 1.22. The Kier molecular flexibility index (Phi) is 5.62. The van der Waals surface area contributed by atoms with Crippen molar-refractivity contribution in [1.82, 2.24) is 18.7 Å². The first-order chi connectivity index (χ1) is 14.8. The van der Waals surface area contributed by atoms with Crippen molar-refractivity contribution in [2.75, 3.05) is 24.6 Å². The molecule has 0 saturated carbocycles. The van der Waals surface area contributed by atoms with Crippen LogP contribution >= 0.6 is 0 Å². The topological polar surface area (TPSA) is 94.5 Å².